The molecular formula is C23H22N2O6. The lowest BCUT2D eigenvalue weighted by Gasteiger charge is -2.09. The van der Waals surface area contributed by atoms with E-state index in [0.29, 0.717) is 17.1 Å². The second kappa shape index (κ2) is 10.1. The van der Waals surface area contributed by atoms with Crippen LogP contribution in [0.4, 0.5) is 0 Å². The molecule has 1 aromatic heterocycles. The summed E-state index contributed by atoms with van der Waals surface area (Å²) in [6, 6.07) is 13.6. The lowest BCUT2D eigenvalue weighted by atomic mass is 10.1. The number of nitrogens with zero attached hydrogens (tertiary/aromatic N) is 1. The minimum Gasteiger partial charge on any atom is -0.493 e. The molecule has 0 aliphatic heterocycles. The van der Waals surface area contributed by atoms with Crippen molar-refractivity contribution in [1.29, 1.82) is 0 Å². The largest absolute Gasteiger partial charge is 0.493 e. The summed E-state index contributed by atoms with van der Waals surface area (Å²) >= 11 is 0. The van der Waals surface area contributed by atoms with E-state index in [0.717, 1.165) is 11.1 Å². The van der Waals surface area contributed by atoms with Gasteiger partial charge in [-0.15, -0.1) is 0 Å². The zero-order valence-electron chi connectivity index (χ0n) is 17.4. The van der Waals surface area contributed by atoms with Crippen LogP contribution in [-0.2, 0) is 4.79 Å². The Morgan fingerprint density at radius 3 is 2.61 bits per heavy atom. The number of carbonyl (C=O) groups is 2. The number of rotatable bonds is 8. The number of amides is 1. The van der Waals surface area contributed by atoms with Crippen LogP contribution in [0.1, 0.15) is 27.2 Å². The van der Waals surface area contributed by atoms with Crippen LogP contribution in [0, 0.1) is 13.8 Å². The molecule has 0 fully saturated rings. The number of nitrogens with one attached hydrogen (secondary N) is 1. The van der Waals surface area contributed by atoms with Crippen molar-refractivity contribution in [3.63, 3.8) is 0 Å². The molecule has 0 atom stereocenters. The molecule has 0 saturated heterocycles. The first-order valence-corrected chi connectivity index (χ1v) is 9.42. The van der Waals surface area contributed by atoms with Crippen molar-refractivity contribution in [3.8, 4) is 17.2 Å². The Kier molecular flexibility index (Phi) is 7.05. The summed E-state index contributed by atoms with van der Waals surface area (Å²) in [5, 5.41) is 3.91. The molecule has 0 aliphatic rings. The van der Waals surface area contributed by atoms with Crippen LogP contribution >= 0.6 is 0 Å². The van der Waals surface area contributed by atoms with E-state index in [1.807, 2.05) is 32.0 Å². The fourth-order valence-corrected chi connectivity index (χ4v) is 2.56. The molecule has 2 aromatic carbocycles. The highest BCUT2D eigenvalue weighted by Crippen LogP contribution is 2.28. The average molecular weight is 422 g/mol. The molecule has 1 N–H and O–H groups in total. The third-order valence-electron chi connectivity index (χ3n) is 4.36. The van der Waals surface area contributed by atoms with Crippen LogP contribution in [0.3, 0.4) is 0 Å². The number of furan rings is 1. The molecule has 0 saturated carbocycles. The minimum absolute atomic E-state index is 0.0819. The van der Waals surface area contributed by atoms with E-state index in [1.54, 1.807) is 24.3 Å². The lowest BCUT2D eigenvalue weighted by molar-refractivity contribution is -0.123. The van der Waals surface area contributed by atoms with Crippen molar-refractivity contribution in [2.24, 2.45) is 5.10 Å². The maximum absolute atomic E-state index is 12.0. The molecule has 0 spiro atoms. The molecule has 8 nitrogen and oxygen atoms in total. The molecule has 8 heteroatoms. The highest BCUT2D eigenvalue weighted by molar-refractivity contribution is 5.89. The van der Waals surface area contributed by atoms with Gasteiger partial charge in [-0.3, -0.25) is 4.79 Å². The van der Waals surface area contributed by atoms with Gasteiger partial charge in [0.2, 0.25) is 5.76 Å². The Bertz CT molecular complexity index is 1090. The Labute approximate surface area is 179 Å². The Morgan fingerprint density at radius 1 is 1.06 bits per heavy atom. The van der Waals surface area contributed by atoms with Crippen LogP contribution < -0.4 is 19.6 Å². The second-order valence-electron chi connectivity index (χ2n) is 6.61. The van der Waals surface area contributed by atoms with Gasteiger partial charge in [-0.25, -0.2) is 10.2 Å². The maximum Gasteiger partial charge on any atom is 0.379 e. The molecule has 0 aliphatic carbocycles. The average Bonchev–Trinajstić information content (AvgIpc) is 3.30. The molecule has 3 rings (SSSR count). The quantitative estimate of drug-likeness (QED) is 0.257. The third kappa shape index (κ3) is 5.96. The van der Waals surface area contributed by atoms with Crippen LogP contribution in [0.2, 0.25) is 0 Å². The van der Waals surface area contributed by atoms with E-state index in [1.165, 1.54) is 25.7 Å². The summed E-state index contributed by atoms with van der Waals surface area (Å²) in [6.07, 6.45) is 2.82. The van der Waals surface area contributed by atoms with Crippen LogP contribution in [0.5, 0.6) is 17.2 Å². The molecule has 1 amide bonds. The number of hydrogen-bond donors (Lipinski definition) is 1. The van der Waals surface area contributed by atoms with E-state index in [4.69, 9.17) is 18.6 Å². The topological polar surface area (TPSA) is 99.4 Å². The van der Waals surface area contributed by atoms with Crippen LogP contribution in [-0.4, -0.2) is 31.8 Å². The first kappa shape index (κ1) is 21.6. The number of hydrogen-bond acceptors (Lipinski definition) is 7. The summed E-state index contributed by atoms with van der Waals surface area (Å²) < 4.78 is 21.0. The van der Waals surface area contributed by atoms with E-state index >= 15 is 0 Å². The summed E-state index contributed by atoms with van der Waals surface area (Å²) in [4.78, 5) is 23.9. The Morgan fingerprint density at radius 2 is 1.90 bits per heavy atom. The van der Waals surface area contributed by atoms with Crippen molar-refractivity contribution < 1.29 is 28.2 Å². The van der Waals surface area contributed by atoms with Gasteiger partial charge >= 0.3 is 5.97 Å². The summed E-state index contributed by atoms with van der Waals surface area (Å²) in [7, 11) is 1.45. The second-order valence-corrected chi connectivity index (χ2v) is 6.61. The van der Waals surface area contributed by atoms with Crippen molar-refractivity contribution >= 4 is 18.1 Å². The number of methoxy groups -OCH3 is 1. The zero-order chi connectivity index (χ0) is 22.2. The number of esters is 1. The SMILES string of the molecule is COc1cc(/C=N\NC(=O)COc2ccc(C)c(C)c2)ccc1OC(=O)c1ccco1. The molecule has 160 valence electrons. The lowest BCUT2D eigenvalue weighted by Crippen LogP contribution is -2.24. The normalized spacial score (nSPS) is 10.7. The van der Waals surface area contributed by atoms with Gasteiger partial charge in [0.1, 0.15) is 5.75 Å². The summed E-state index contributed by atoms with van der Waals surface area (Å²) in [5.74, 6) is 0.219. The molecular weight excluding hydrogens is 400 g/mol. The number of aryl methyl sites for hydroxylation is 2. The van der Waals surface area contributed by atoms with Gasteiger partial charge in [0.15, 0.2) is 18.1 Å². The third-order valence-corrected chi connectivity index (χ3v) is 4.36. The van der Waals surface area contributed by atoms with Crippen molar-refractivity contribution in [1.82, 2.24) is 5.43 Å². The first-order valence-electron chi connectivity index (χ1n) is 9.42. The Balaban J connectivity index is 1.54. The van der Waals surface area contributed by atoms with Crippen molar-refractivity contribution in [2.75, 3.05) is 13.7 Å². The molecule has 0 bridgehead atoms. The maximum atomic E-state index is 12.0. The van der Waals surface area contributed by atoms with Gasteiger partial charge in [0.25, 0.3) is 5.91 Å². The van der Waals surface area contributed by atoms with E-state index < -0.39 is 11.9 Å². The predicted molar refractivity (Wildman–Crippen MR) is 114 cm³/mol. The van der Waals surface area contributed by atoms with Gasteiger partial charge in [-0.2, -0.15) is 5.10 Å². The highest BCUT2D eigenvalue weighted by Gasteiger charge is 2.14. The Hall–Kier alpha value is -4.07. The van der Waals surface area contributed by atoms with Crippen LogP contribution in [0.25, 0.3) is 0 Å². The number of carbonyl (C=O) groups excluding carboxylic acids is 2. The monoisotopic (exact) mass is 422 g/mol. The van der Waals surface area contributed by atoms with Crippen molar-refractivity contribution in [2.45, 2.75) is 13.8 Å². The summed E-state index contributed by atoms with van der Waals surface area (Å²) in [5.41, 5.74) is 5.26. The number of hydrazone groups is 1. The predicted octanol–water partition coefficient (Wildman–Crippen LogP) is 3.65. The van der Waals surface area contributed by atoms with Gasteiger partial charge in [0.05, 0.1) is 19.6 Å². The van der Waals surface area contributed by atoms with E-state index in [-0.39, 0.29) is 18.1 Å². The van der Waals surface area contributed by atoms with E-state index in [2.05, 4.69) is 10.5 Å². The van der Waals surface area contributed by atoms with Gasteiger partial charge in [-0.1, -0.05) is 6.07 Å². The minimum atomic E-state index is -0.638. The molecule has 0 radical (unpaired) electrons. The van der Waals surface area contributed by atoms with Gasteiger partial charge in [0, 0.05) is 0 Å². The summed E-state index contributed by atoms with van der Waals surface area (Å²) in [6.45, 7) is 3.82. The molecule has 1 heterocycles. The highest BCUT2D eigenvalue weighted by atomic mass is 16.6. The fourth-order valence-electron chi connectivity index (χ4n) is 2.56. The smallest absolute Gasteiger partial charge is 0.379 e. The molecule has 3 aromatic rings. The number of ether oxygens (including phenoxy) is 3. The molecule has 31 heavy (non-hydrogen) atoms. The van der Waals surface area contributed by atoms with E-state index in [9.17, 15) is 9.59 Å². The fraction of sp³-hybridized carbons (Fsp3) is 0.174. The van der Waals surface area contributed by atoms with Crippen molar-refractivity contribution in [3.05, 3.63) is 77.2 Å². The standard InChI is InChI=1S/C23H22N2O6/c1-15-6-8-18(11-16(15)2)30-14-22(26)25-24-13-17-7-9-19(21(12-17)28-3)31-23(27)20-5-4-10-29-20/h4-13H,14H2,1-3H3,(H,25,26)/b24-13-. The van der Waals surface area contributed by atoms with Gasteiger partial charge in [-0.05, 0) is 73.0 Å². The van der Waals surface area contributed by atoms with Gasteiger partial charge < -0.3 is 18.6 Å². The number of benzene rings is 2. The van der Waals surface area contributed by atoms with Crippen LogP contribution in [0.15, 0.2) is 64.3 Å². The first-order chi connectivity index (χ1) is 15.0. The zero-order valence-corrected chi connectivity index (χ0v) is 17.4. The molecule has 0 unspecified atom stereocenters.